The smallest absolute Gasteiger partial charge is 0.226 e. The Morgan fingerprint density at radius 3 is 2.72 bits per heavy atom. The van der Waals surface area contributed by atoms with Crippen LogP contribution in [0.1, 0.15) is 36.0 Å². The lowest BCUT2D eigenvalue weighted by Crippen LogP contribution is -2.42. The van der Waals surface area contributed by atoms with Crippen LogP contribution in [0.2, 0.25) is 5.02 Å². The molecule has 3 heterocycles. The van der Waals surface area contributed by atoms with Gasteiger partial charge in [0.15, 0.2) is 6.61 Å². The molecule has 184 valence electrons. The molecule has 0 spiro atoms. The maximum absolute atomic E-state index is 11.2. The molecule has 0 unspecified atom stereocenters. The lowest BCUT2D eigenvalue weighted by Gasteiger charge is -2.38. The maximum atomic E-state index is 11.2. The summed E-state index contributed by atoms with van der Waals surface area (Å²) in [7, 11) is 0. The van der Waals surface area contributed by atoms with Crippen LogP contribution in [0.5, 0.6) is 17.4 Å². The summed E-state index contributed by atoms with van der Waals surface area (Å²) < 4.78 is 11.9. The van der Waals surface area contributed by atoms with E-state index in [9.17, 15) is 5.11 Å². The number of fused-ring (bicyclic) bond motifs is 2. The molecule has 7 heteroatoms. The molecular formula is C29H28ClN3O3. The number of hydrogen-bond donors (Lipinski definition) is 1. The number of likely N-dealkylation sites (tertiary alicyclic amines) is 1. The van der Waals surface area contributed by atoms with Crippen LogP contribution >= 0.6 is 11.6 Å². The third-order valence-electron chi connectivity index (χ3n) is 6.97. The van der Waals surface area contributed by atoms with Crippen molar-refractivity contribution in [3.63, 3.8) is 0 Å². The molecule has 0 radical (unpaired) electrons. The molecule has 2 aliphatic rings. The summed E-state index contributed by atoms with van der Waals surface area (Å²) >= 11 is 6.01. The molecule has 1 saturated heterocycles. The van der Waals surface area contributed by atoms with Crippen molar-refractivity contribution in [3.05, 3.63) is 88.6 Å². The van der Waals surface area contributed by atoms with Gasteiger partial charge in [0.2, 0.25) is 5.88 Å². The third-order valence-corrected chi connectivity index (χ3v) is 7.23. The van der Waals surface area contributed by atoms with Crippen molar-refractivity contribution >= 4 is 17.2 Å². The van der Waals surface area contributed by atoms with Gasteiger partial charge < -0.3 is 19.5 Å². The van der Waals surface area contributed by atoms with E-state index in [0.29, 0.717) is 41.7 Å². The zero-order valence-electron chi connectivity index (χ0n) is 20.0. The van der Waals surface area contributed by atoms with Crippen LogP contribution in [0.25, 0.3) is 5.57 Å². The lowest BCUT2D eigenvalue weighted by atomic mass is 9.84. The molecule has 0 amide bonds. The molecular weight excluding hydrogens is 474 g/mol. The number of aliphatic hydroxyl groups is 1. The summed E-state index contributed by atoms with van der Waals surface area (Å²) in [4.78, 5) is 6.86. The zero-order valence-corrected chi connectivity index (χ0v) is 20.7. The average molecular weight is 502 g/mol. The molecule has 36 heavy (non-hydrogen) atoms. The maximum Gasteiger partial charge on any atom is 0.226 e. The quantitative estimate of drug-likeness (QED) is 0.464. The molecule has 0 saturated carbocycles. The van der Waals surface area contributed by atoms with Crippen LogP contribution in [-0.4, -0.2) is 41.2 Å². The Morgan fingerprint density at radius 1 is 1.14 bits per heavy atom. The fourth-order valence-corrected chi connectivity index (χ4v) is 5.09. The third kappa shape index (κ3) is 5.24. The highest BCUT2D eigenvalue weighted by molar-refractivity contribution is 6.30. The highest BCUT2D eigenvalue weighted by atomic mass is 35.5. The van der Waals surface area contributed by atoms with E-state index in [1.54, 1.807) is 6.20 Å². The Bertz CT molecular complexity index is 1290. The van der Waals surface area contributed by atoms with Crippen LogP contribution in [0, 0.1) is 11.3 Å². The molecule has 2 aromatic carbocycles. The Balaban J connectivity index is 1.29. The SMILES string of the molecule is N#CCOc1cccc2c1C/C(=C/CCN1CCC(O)(c3ccc(Cl)cc3)CC1)c1cccnc1O2. The number of hydrogen-bond acceptors (Lipinski definition) is 6. The van der Waals surface area contributed by atoms with Gasteiger partial charge >= 0.3 is 0 Å². The van der Waals surface area contributed by atoms with Crippen molar-refractivity contribution < 1.29 is 14.6 Å². The van der Waals surface area contributed by atoms with Crippen molar-refractivity contribution in [3.8, 4) is 23.4 Å². The van der Waals surface area contributed by atoms with Crippen molar-refractivity contribution in [2.24, 2.45) is 0 Å². The Morgan fingerprint density at radius 2 is 1.94 bits per heavy atom. The summed E-state index contributed by atoms with van der Waals surface area (Å²) in [5.74, 6) is 1.93. The molecule has 0 atom stereocenters. The Labute approximate surface area is 216 Å². The Hall–Kier alpha value is -3.37. The topological polar surface area (TPSA) is 78.6 Å². The molecule has 1 fully saturated rings. The summed E-state index contributed by atoms with van der Waals surface area (Å²) in [5.41, 5.74) is 3.15. The van der Waals surface area contributed by atoms with Crippen molar-refractivity contribution in [1.29, 1.82) is 5.26 Å². The standard InChI is InChI=1S/C29H28ClN3O3/c30-23-10-8-22(9-11-23)29(34)12-17-33(18-13-29)16-3-4-21-20-25-26(35-19-14-31)6-1-7-27(25)36-28-24(21)5-2-15-32-28/h1-2,4-11,15,34H,3,12-13,16-20H2/b21-4-. The summed E-state index contributed by atoms with van der Waals surface area (Å²) in [6.45, 7) is 2.55. The van der Waals surface area contributed by atoms with Crippen LogP contribution in [-0.2, 0) is 12.0 Å². The summed E-state index contributed by atoms with van der Waals surface area (Å²) in [6, 6.07) is 19.2. The number of allylic oxidation sites excluding steroid dienone is 1. The molecule has 3 aromatic rings. The van der Waals surface area contributed by atoms with Gasteiger partial charge in [-0.15, -0.1) is 0 Å². The number of rotatable bonds is 6. The van der Waals surface area contributed by atoms with Gasteiger partial charge in [-0.3, -0.25) is 0 Å². The van der Waals surface area contributed by atoms with Gasteiger partial charge in [-0.25, -0.2) is 4.98 Å². The van der Waals surface area contributed by atoms with Gasteiger partial charge in [-0.1, -0.05) is 35.9 Å². The van der Waals surface area contributed by atoms with Gasteiger partial charge in [-0.2, -0.15) is 5.26 Å². The highest BCUT2D eigenvalue weighted by Crippen LogP contribution is 2.41. The molecule has 6 nitrogen and oxygen atoms in total. The van der Waals surface area contributed by atoms with Crippen molar-refractivity contribution in [1.82, 2.24) is 9.88 Å². The molecule has 5 rings (SSSR count). The zero-order chi connectivity index (χ0) is 25.0. The summed E-state index contributed by atoms with van der Waals surface area (Å²) in [6.07, 6.45) is 6.86. The van der Waals surface area contributed by atoms with E-state index in [0.717, 1.165) is 48.3 Å². The number of piperidine rings is 1. The number of nitrogens with zero attached hydrogens (tertiary/aromatic N) is 3. The Kier molecular flexibility index (Phi) is 7.24. The van der Waals surface area contributed by atoms with Crippen molar-refractivity contribution in [2.45, 2.75) is 31.3 Å². The first-order valence-electron chi connectivity index (χ1n) is 12.2. The predicted octanol–water partition coefficient (Wildman–Crippen LogP) is 5.74. The fourth-order valence-electron chi connectivity index (χ4n) is 4.97. The minimum absolute atomic E-state index is 0.0158. The van der Waals surface area contributed by atoms with E-state index in [-0.39, 0.29) is 6.61 Å². The van der Waals surface area contributed by atoms with E-state index in [4.69, 9.17) is 26.3 Å². The van der Waals surface area contributed by atoms with Gasteiger partial charge in [-0.05, 0) is 66.8 Å². The number of pyridine rings is 1. The average Bonchev–Trinajstić information content (AvgIpc) is 3.06. The highest BCUT2D eigenvalue weighted by Gasteiger charge is 2.33. The van der Waals surface area contributed by atoms with E-state index in [2.05, 4.69) is 16.0 Å². The first-order valence-corrected chi connectivity index (χ1v) is 12.6. The molecule has 0 bridgehead atoms. The number of nitriles is 1. The molecule has 0 aliphatic carbocycles. The predicted molar refractivity (Wildman–Crippen MR) is 139 cm³/mol. The van der Waals surface area contributed by atoms with Crippen LogP contribution in [0.4, 0.5) is 0 Å². The number of halogens is 1. The van der Waals surface area contributed by atoms with Crippen molar-refractivity contribution in [2.75, 3.05) is 26.2 Å². The van der Waals surface area contributed by atoms with E-state index >= 15 is 0 Å². The second-order valence-corrected chi connectivity index (χ2v) is 9.65. The first kappa shape index (κ1) is 24.3. The van der Waals surface area contributed by atoms with Gasteiger partial charge in [0.05, 0.1) is 5.60 Å². The second-order valence-electron chi connectivity index (χ2n) is 9.21. The molecule has 1 aromatic heterocycles. The van der Waals surface area contributed by atoms with Crippen LogP contribution < -0.4 is 9.47 Å². The molecule has 2 aliphatic heterocycles. The largest absolute Gasteiger partial charge is 0.478 e. The number of ether oxygens (including phenoxy) is 2. The van der Waals surface area contributed by atoms with Crippen LogP contribution in [0.15, 0.2) is 66.9 Å². The fraction of sp³-hybridized carbons (Fsp3) is 0.310. The number of benzene rings is 2. The first-order chi connectivity index (χ1) is 17.6. The summed E-state index contributed by atoms with van der Waals surface area (Å²) in [5, 5.41) is 20.8. The molecule has 1 N–H and O–H groups in total. The normalized spacial score (nSPS) is 17.9. The van der Waals surface area contributed by atoms with Crippen LogP contribution in [0.3, 0.4) is 0 Å². The van der Waals surface area contributed by atoms with Gasteiger partial charge in [0.1, 0.15) is 17.6 Å². The van der Waals surface area contributed by atoms with E-state index < -0.39 is 5.60 Å². The number of aromatic nitrogens is 1. The van der Waals surface area contributed by atoms with Gasteiger partial charge in [0.25, 0.3) is 0 Å². The monoisotopic (exact) mass is 501 g/mol. The minimum Gasteiger partial charge on any atom is -0.478 e. The second kappa shape index (κ2) is 10.7. The van der Waals surface area contributed by atoms with E-state index in [1.807, 2.05) is 60.7 Å². The van der Waals surface area contributed by atoms with E-state index in [1.165, 1.54) is 0 Å². The lowest BCUT2D eigenvalue weighted by molar-refractivity contribution is -0.0254. The van der Waals surface area contributed by atoms with Gasteiger partial charge in [0, 0.05) is 48.4 Å². The minimum atomic E-state index is -0.799.